The van der Waals surface area contributed by atoms with Crippen molar-refractivity contribution in [3.8, 4) is 0 Å². The van der Waals surface area contributed by atoms with E-state index in [2.05, 4.69) is 12.2 Å². The minimum absolute atomic E-state index is 0.130. The third-order valence-electron chi connectivity index (χ3n) is 6.47. The van der Waals surface area contributed by atoms with E-state index < -0.39 is 0 Å². The summed E-state index contributed by atoms with van der Waals surface area (Å²) in [5.41, 5.74) is 0. The van der Waals surface area contributed by atoms with Crippen LogP contribution in [0.15, 0.2) is 0 Å². The number of nitrogens with one attached hydrogen (secondary N) is 1. The maximum absolute atomic E-state index is 12.1. The first-order valence-electron chi connectivity index (χ1n) is 11.6. The van der Waals surface area contributed by atoms with Gasteiger partial charge < -0.3 is 14.8 Å². The van der Waals surface area contributed by atoms with Crippen molar-refractivity contribution in [1.82, 2.24) is 5.32 Å². The first-order chi connectivity index (χ1) is 13.6. The van der Waals surface area contributed by atoms with Crippen LogP contribution in [0.4, 0.5) is 0 Å². The molecule has 0 aromatic rings. The number of hydrogen-bond acceptors (Lipinski definition) is 4. The number of ketones is 1. The van der Waals surface area contributed by atoms with Crippen LogP contribution in [-0.2, 0) is 19.1 Å². The first-order valence-corrected chi connectivity index (χ1v) is 11.6. The van der Waals surface area contributed by atoms with Gasteiger partial charge in [0.15, 0.2) is 0 Å². The van der Waals surface area contributed by atoms with Gasteiger partial charge in [-0.3, -0.25) is 9.59 Å². The zero-order chi connectivity index (χ0) is 20.2. The van der Waals surface area contributed by atoms with Crippen molar-refractivity contribution in [3.05, 3.63) is 0 Å². The topological polar surface area (TPSA) is 64.6 Å². The van der Waals surface area contributed by atoms with Gasteiger partial charge in [0.1, 0.15) is 5.78 Å². The summed E-state index contributed by atoms with van der Waals surface area (Å²) < 4.78 is 11.4. The Balaban J connectivity index is 1.46. The molecule has 0 unspecified atom stereocenters. The minimum atomic E-state index is 0.130. The number of carbonyl (C=O) groups is 2. The highest BCUT2D eigenvalue weighted by Crippen LogP contribution is 2.29. The highest BCUT2D eigenvalue weighted by Gasteiger charge is 2.26. The number of rotatable bonds is 12. The van der Waals surface area contributed by atoms with Gasteiger partial charge in [-0.25, -0.2) is 0 Å². The fourth-order valence-electron chi connectivity index (χ4n) is 4.58. The lowest BCUT2D eigenvalue weighted by Gasteiger charge is -2.28. The molecule has 5 heteroatoms. The molecule has 0 atom stereocenters. The summed E-state index contributed by atoms with van der Waals surface area (Å²) in [4.78, 5) is 23.9. The Morgan fingerprint density at radius 1 is 0.857 bits per heavy atom. The van der Waals surface area contributed by atoms with Gasteiger partial charge in [0.25, 0.3) is 0 Å². The summed E-state index contributed by atoms with van der Waals surface area (Å²) in [5.74, 6) is 2.14. The van der Waals surface area contributed by atoms with Crippen LogP contribution < -0.4 is 5.32 Å². The van der Waals surface area contributed by atoms with Crippen LogP contribution in [-0.4, -0.2) is 44.2 Å². The molecular formula is C23H41NO4. The molecule has 0 heterocycles. The molecule has 0 bridgehead atoms. The molecule has 1 amide bonds. The summed E-state index contributed by atoms with van der Waals surface area (Å²) in [6.45, 7) is 7.22. The van der Waals surface area contributed by atoms with Crippen molar-refractivity contribution in [3.63, 3.8) is 0 Å². The monoisotopic (exact) mass is 395 g/mol. The summed E-state index contributed by atoms with van der Waals surface area (Å²) in [6.07, 6.45) is 10.7. The quantitative estimate of drug-likeness (QED) is 0.501. The first kappa shape index (κ1) is 23.3. The van der Waals surface area contributed by atoms with E-state index in [-0.39, 0.29) is 17.9 Å². The maximum Gasteiger partial charge on any atom is 0.220 e. The van der Waals surface area contributed by atoms with E-state index >= 15 is 0 Å². The van der Waals surface area contributed by atoms with Crippen LogP contribution >= 0.6 is 0 Å². The van der Waals surface area contributed by atoms with Gasteiger partial charge in [0.2, 0.25) is 5.91 Å². The molecule has 28 heavy (non-hydrogen) atoms. The van der Waals surface area contributed by atoms with Crippen LogP contribution in [0.2, 0.25) is 0 Å². The van der Waals surface area contributed by atoms with Crippen LogP contribution in [0.25, 0.3) is 0 Å². The predicted molar refractivity (Wildman–Crippen MR) is 111 cm³/mol. The lowest BCUT2D eigenvalue weighted by molar-refractivity contribution is -0.124. The van der Waals surface area contributed by atoms with E-state index in [1.165, 1.54) is 25.7 Å². The van der Waals surface area contributed by atoms with E-state index in [4.69, 9.17) is 9.47 Å². The fraction of sp³-hybridized carbons (Fsp3) is 0.913. The normalized spacial score (nSPS) is 28.1. The van der Waals surface area contributed by atoms with Crippen LogP contribution in [0, 0.1) is 17.8 Å². The van der Waals surface area contributed by atoms with Gasteiger partial charge in [-0.05, 0) is 76.5 Å². The molecule has 0 saturated heterocycles. The number of Topliss-reactive ketones (excluding diaryl/α,β-unsaturated/α-hetero) is 1. The van der Waals surface area contributed by atoms with Gasteiger partial charge in [0.05, 0.1) is 0 Å². The van der Waals surface area contributed by atoms with Gasteiger partial charge in [-0.1, -0.05) is 6.92 Å². The highest BCUT2D eigenvalue weighted by molar-refractivity contribution is 5.80. The zero-order valence-electron chi connectivity index (χ0n) is 18.0. The summed E-state index contributed by atoms with van der Waals surface area (Å²) in [7, 11) is 0. The average Bonchev–Trinajstić information content (AvgIpc) is 2.73. The third-order valence-corrected chi connectivity index (χ3v) is 6.47. The predicted octanol–water partition coefficient (Wildman–Crippen LogP) is 4.28. The maximum atomic E-state index is 12.1. The molecule has 2 rings (SSSR count). The molecule has 2 fully saturated rings. The van der Waals surface area contributed by atoms with E-state index in [9.17, 15) is 9.59 Å². The smallest absolute Gasteiger partial charge is 0.220 e. The minimum Gasteiger partial charge on any atom is -0.381 e. The number of amides is 1. The molecule has 0 aromatic carbocycles. The number of carbonyl (C=O) groups excluding carboxylic acids is 2. The van der Waals surface area contributed by atoms with Crippen LogP contribution in [0.1, 0.15) is 84.5 Å². The molecule has 2 aliphatic carbocycles. The molecule has 162 valence electrons. The highest BCUT2D eigenvalue weighted by atomic mass is 16.5. The zero-order valence-corrected chi connectivity index (χ0v) is 18.0. The summed E-state index contributed by atoms with van der Waals surface area (Å²) in [5, 5.41) is 3.14. The van der Waals surface area contributed by atoms with E-state index in [1.54, 1.807) is 0 Å². The SMILES string of the molecule is CCOCC1CCC(COCCCC(=O)NC2CCC(C(=O)CC)CC2)CC1. The van der Waals surface area contributed by atoms with Gasteiger partial charge in [-0.15, -0.1) is 0 Å². The van der Waals surface area contributed by atoms with Crippen LogP contribution in [0.5, 0.6) is 0 Å². The van der Waals surface area contributed by atoms with Gasteiger partial charge in [-0.2, -0.15) is 0 Å². The molecule has 0 aliphatic heterocycles. The Kier molecular flexibility index (Phi) is 11.1. The fourth-order valence-corrected chi connectivity index (χ4v) is 4.58. The van der Waals surface area contributed by atoms with E-state index in [0.717, 1.165) is 57.8 Å². The van der Waals surface area contributed by atoms with Gasteiger partial charge >= 0.3 is 0 Å². The second-order valence-corrected chi connectivity index (χ2v) is 8.66. The van der Waals surface area contributed by atoms with Crippen LogP contribution in [0.3, 0.4) is 0 Å². The molecule has 1 N–H and O–H groups in total. The number of ether oxygens (including phenoxy) is 2. The lowest BCUT2D eigenvalue weighted by atomic mass is 9.83. The molecule has 5 nitrogen and oxygen atoms in total. The summed E-state index contributed by atoms with van der Waals surface area (Å²) in [6, 6.07) is 0.251. The van der Waals surface area contributed by atoms with E-state index in [0.29, 0.717) is 31.1 Å². The largest absolute Gasteiger partial charge is 0.381 e. The Labute approximate surface area is 171 Å². The van der Waals surface area contributed by atoms with Crippen molar-refractivity contribution in [1.29, 1.82) is 0 Å². The average molecular weight is 396 g/mol. The standard InChI is InChI=1S/C23H41NO4/c1-3-22(25)20-11-13-21(14-12-20)24-23(26)6-5-15-28-17-19-9-7-18(8-10-19)16-27-4-2/h18-21H,3-17H2,1-2H3,(H,24,26). The Morgan fingerprint density at radius 2 is 1.46 bits per heavy atom. The molecule has 2 saturated carbocycles. The molecule has 0 spiro atoms. The van der Waals surface area contributed by atoms with Crippen molar-refractivity contribution < 1.29 is 19.1 Å². The lowest BCUT2D eigenvalue weighted by Crippen LogP contribution is -2.38. The number of hydrogen-bond donors (Lipinski definition) is 1. The Morgan fingerprint density at radius 3 is 2.04 bits per heavy atom. The Hall–Kier alpha value is -0.940. The molecule has 2 aliphatic rings. The van der Waals surface area contributed by atoms with Crippen molar-refractivity contribution in [2.24, 2.45) is 17.8 Å². The molecular weight excluding hydrogens is 354 g/mol. The second-order valence-electron chi connectivity index (χ2n) is 8.66. The third kappa shape index (κ3) is 8.60. The van der Waals surface area contributed by atoms with Crippen molar-refractivity contribution >= 4 is 11.7 Å². The van der Waals surface area contributed by atoms with Gasteiger partial charge in [0, 0.05) is 51.2 Å². The molecule has 0 radical (unpaired) electrons. The second kappa shape index (κ2) is 13.3. The van der Waals surface area contributed by atoms with Crippen molar-refractivity contribution in [2.45, 2.75) is 90.5 Å². The molecule has 0 aromatic heterocycles. The Bertz CT molecular complexity index is 452. The van der Waals surface area contributed by atoms with Crippen molar-refractivity contribution in [2.75, 3.05) is 26.4 Å². The summed E-state index contributed by atoms with van der Waals surface area (Å²) >= 11 is 0. The van der Waals surface area contributed by atoms with E-state index in [1.807, 2.05) is 6.92 Å².